The van der Waals surface area contributed by atoms with Crippen LogP contribution in [0.25, 0.3) is 0 Å². The fourth-order valence-electron chi connectivity index (χ4n) is 7.71. The number of amides is 2. The van der Waals surface area contributed by atoms with Crippen molar-refractivity contribution in [3.8, 4) is 0 Å². The van der Waals surface area contributed by atoms with E-state index in [0.717, 1.165) is 35.7 Å². The van der Waals surface area contributed by atoms with E-state index in [0.29, 0.717) is 31.0 Å². The summed E-state index contributed by atoms with van der Waals surface area (Å²) in [6.07, 6.45) is 8.54. The Bertz CT molecular complexity index is 1470. The van der Waals surface area contributed by atoms with Gasteiger partial charge >= 0.3 is 0 Å². The Morgan fingerprint density at radius 1 is 0.881 bits per heavy atom. The quantitative estimate of drug-likeness (QED) is 0.332. The number of piperidine rings is 1. The molecule has 4 fully saturated rings. The average molecular weight is 567 g/mol. The Morgan fingerprint density at radius 3 is 2.33 bits per heavy atom. The number of nitrogens with one attached hydrogen (secondary N) is 1. The van der Waals surface area contributed by atoms with Crippen LogP contribution in [0, 0.1) is 12.7 Å². The van der Waals surface area contributed by atoms with Crippen LogP contribution in [-0.4, -0.2) is 47.9 Å². The summed E-state index contributed by atoms with van der Waals surface area (Å²) in [7, 11) is 0. The van der Waals surface area contributed by atoms with Gasteiger partial charge in [-0.25, -0.2) is 4.39 Å². The van der Waals surface area contributed by atoms with Crippen LogP contribution >= 0.6 is 0 Å². The lowest BCUT2D eigenvalue weighted by molar-refractivity contribution is -0.112. The van der Waals surface area contributed by atoms with Crippen molar-refractivity contribution in [2.45, 2.75) is 75.9 Å². The van der Waals surface area contributed by atoms with Crippen LogP contribution in [0.1, 0.15) is 78.9 Å². The third-order valence-corrected chi connectivity index (χ3v) is 9.85. The third kappa shape index (κ3) is 4.54. The van der Waals surface area contributed by atoms with Gasteiger partial charge in [0, 0.05) is 42.7 Å². The lowest BCUT2D eigenvalue weighted by atomic mass is 9.82. The van der Waals surface area contributed by atoms with Crippen LogP contribution in [0.4, 0.5) is 21.5 Å². The van der Waals surface area contributed by atoms with Gasteiger partial charge in [0.15, 0.2) is 5.54 Å². The second-order valence-electron chi connectivity index (χ2n) is 12.5. The Kier molecular flexibility index (Phi) is 6.91. The molecule has 7 rings (SSSR count). The highest BCUT2D eigenvalue weighted by atomic mass is 19.1. The van der Waals surface area contributed by atoms with E-state index in [-0.39, 0.29) is 17.4 Å². The first-order valence-electron chi connectivity index (χ1n) is 15.6. The van der Waals surface area contributed by atoms with Gasteiger partial charge in [0.05, 0.1) is 11.6 Å². The molecule has 6 nitrogen and oxygen atoms in total. The van der Waals surface area contributed by atoms with Gasteiger partial charge in [0.2, 0.25) is 0 Å². The number of likely N-dealkylation sites (tertiary alicyclic amines) is 1. The van der Waals surface area contributed by atoms with Crippen LogP contribution in [-0.2, 0) is 4.79 Å². The number of hydrogen-bond acceptors (Lipinski definition) is 4. The van der Waals surface area contributed by atoms with Gasteiger partial charge in [-0.1, -0.05) is 43.2 Å². The molecule has 0 bridgehead atoms. The molecule has 2 atom stereocenters. The molecular formula is C35H39FN4O2. The molecule has 2 unspecified atom stereocenters. The van der Waals surface area contributed by atoms with Crippen LogP contribution in [0.2, 0.25) is 0 Å². The number of rotatable bonds is 6. The largest absolute Gasteiger partial charge is 0.382 e. The third-order valence-electron chi connectivity index (χ3n) is 9.85. The van der Waals surface area contributed by atoms with Crippen LogP contribution in [0.15, 0.2) is 66.7 Å². The molecule has 42 heavy (non-hydrogen) atoms. The lowest BCUT2D eigenvalue weighted by Gasteiger charge is -2.41. The first-order valence-corrected chi connectivity index (χ1v) is 15.6. The van der Waals surface area contributed by atoms with E-state index in [2.05, 4.69) is 34.5 Å². The Morgan fingerprint density at radius 2 is 1.60 bits per heavy atom. The van der Waals surface area contributed by atoms with Crippen molar-refractivity contribution in [3.63, 3.8) is 0 Å². The molecule has 1 aliphatic carbocycles. The first kappa shape index (κ1) is 27.0. The molecule has 0 radical (unpaired) electrons. The summed E-state index contributed by atoms with van der Waals surface area (Å²) in [5.41, 5.74) is 3.77. The predicted octanol–water partition coefficient (Wildman–Crippen LogP) is 6.85. The van der Waals surface area contributed by atoms with Crippen molar-refractivity contribution in [3.05, 3.63) is 89.2 Å². The molecule has 4 aliphatic rings. The number of hydrogen-bond donors (Lipinski definition) is 1. The van der Waals surface area contributed by atoms with Gasteiger partial charge in [0.25, 0.3) is 11.8 Å². The highest BCUT2D eigenvalue weighted by molar-refractivity contribution is 6.21. The standard InChI is InChI=1S/C35H39FN4O2/c1-24-9-6-14-30(36)31(24)33(41)39-22-8-19-35(32(39)25-15-17-27(18-16-25)37-26-10-2-3-11-26)34(42)40(35)29-13-7-12-28(23-29)38-20-4-5-21-38/h6-7,9,12-18,23,26,32,37H,2-5,8,10-11,19-22H2,1H3. The van der Waals surface area contributed by atoms with E-state index in [4.69, 9.17) is 0 Å². The number of carbonyl (C=O) groups is 2. The second-order valence-corrected chi connectivity index (χ2v) is 12.5. The maximum atomic E-state index is 15.1. The van der Waals surface area contributed by atoms with Crippen molar-refractivity contribution < 1.29 is 14.0 Å². The Balaban J connectivity index is 1.27. The number of anilines is 3. The highest BCUT2D eigenvalue weighted by Crippen LogP contribution is 2.56. The van der Waals surface area contributed by atoms with Crippen LogP contribution in [0.3, 0.4) is 0 Å². The number of halogens is 1. The molecule has 1 spiro atoms. The molecule has 3 heterocycles. The van der Waals surface area contributed by atoms with Gasteiger partial charge in [-0.05, 0) is 93.0 Å². The zero-order valence-electron chi connectivity index (χ0n) is 24.3. The summed E-state index contributed by atoms with van der Waals surface area (Å²) < 4.78 is 15.1. The fourth-order valence-corrected chi connectivity index (χ4v) is 7.71. The topological polar surface area (TPSA) is 55.7 Å². The molecule has 7 heteroatoms. The zero-order chi connectivity index (χ0) is 28.8. The molecule has 3 aliphatic heterocycles. The number of carbonyl (C=O) groups excluding carboxylic acids is 2. The molecule has 1 saturated carbocycles. The van der Waals surface area contributed by atoms with E-state index in [1.165, 1.54) is 44.6 Å². The summed E-state index contributed by atoms with van der Waals surface area (Å²) in [6, 6.07) is 21.2. The van der Waals surface area contributed by atoms with E-state index in [9.17, 15) is 9.59 Å². The predicted molar refractivity (Wildman–Crippen MR) is 165 cm³/mol. The molecule has 3 aromatic carbocycles. The van der Waals surface area contributed by atoms with Crippen molar-refractivity contribution in [2.75, 3.05) is 34.8 Å². The average Bonchev–Trinajstić information content (AvgIpc) is 3.48. The van der Waals surface area contributed by atoms with Gasteiger partial charge in [-0.2, -0.15) is 0 Å². The fraction of sp³-hybridized carbons (Fsp3) is 0.429. The number of aryl methyl sites for hydroxylation is 1. The maximum absolute atomic E-state index is 15.1. The first-order chi connectivity index (χ1) is 20.5. The minimum Gasteiger partial charge on any atom is -0.382 e. The monoisotopic (exact) mass is 566 g/mol. The smallest absolute Gasteiger partial charge is 0.257 e. The summed E-state index contributed by atoms with van der Waals surface area (Å²) in [4.78, 5) is 34.2. The summed E-state index contributed by atoms with van der Waals surface area (Å²) >= 11 is 0. The van der Waals surface area contributed by atoms with Crippen LogP contribution < -0.4 is 15.1 Å². The number of nitrogens with zero attached hydrogens (tertiary/aromatic N) is 3. The molecule has 2 amide bonds. The van der Waals surface area contributed by atoms with Crippen molar-refractivity contribution >= 4 is 28.9 Å². The van der Waals surface area contributed by atoms with Crippen LogP contribution in [0.5, 0.6) is 0 Å². The minimum atomic E-state index is -0.878. The van der Waals surface area contributed by atoms with Gasteiger partial charge in [0.1, 0.15) is 5.82 Å². The SMILES string of the molecule is Cc1cccc(F)c1C(=O)N1CCCC2(C(=O)N2c2cccc(N3CCCC3)c2)C1c1ccc(NC2CCCC2)cc1. The van der Waals surface area contributed by atoms with Crippen molar-refractivity contribution in [1.82, 2.24) is 4.90 Å². The van der Waals surface area contributed by atoms with Gasteiger partial charge in [-0.3, -0.25) is 14.5 Å². The molecule has 1 N–H and O–H groups in total. The molecule has 3 aromatic rings. The lowest BCUT2D eigenvalue weighted by Crippen LogP contribution is -2.49. The van der Waals surface area contributed by atoms with E-state index < -0.39 is 17.4 Å². The number of benzene rings is 3. The molecular weight excluding hydrogens is 527 g/mol. The Hall–Kier alpha value is -3.87. The summed E-state index contributed by atoms with van der Waals surface area (Å²) in [6.45, 7) is 4.29. The highest BCUT2D eigenvalue weighted by Gasteiger charge is 2.70. The second kappa shape index (κ2) is 10.8. The van der Waals surface area contributed by atoms with Crippen molar-refractivity contribution in [2.24, 2.45) is 0 Å². The normalized spacial score (nSPS) is 24.1. The van der Waals surface area contributed by atoms with Gasteiger partial charge in [-0.15, -0.1) is 0 Å². The van der Waals surface area contributed by atoms with E-state index in [1.54, 1.807) is 24.0 Å². The molecule has 218 valence electrons. The summed E-state index contributed by atoms with van der Waals surface area (Å²) in [5, 5.41) is 3.65. The van der Waals surface area contributed by atoms with E-state index in [1.807, 2.05) is 29.2 Å². The van der Waals surface area contributed by atoms with Crippen molar-refractivity contribution in [1.29, 1.82) is 0 Å². The summed E-state index contributed by atoms with van der Waals surface area (Å²) in [5.74, 6) is -0.845. The minimum absolute atomic E-state index is 0.0296. The zero-order valence-corrected chi connectivity index (χ0v) is 24.3. The molecule has 0 aromatic heterocycles. The van der Waals surface area contributed by atoms with Gasteiger partial charge < -0.3 is 15.1 Å². The Labute approximate surface area is 247 Å². The molecule has 3 saturated heterocycles. The maximum Gasteiger partial charge on any atom is 0.257 e. The van der Waals surface area contributed by atoms with E-state index >= 15 is 4.39 Å².